The predicted molar refractivity (Wildman–Crippen MR) is 95.8 cm³/mol. The molecule has 2 bridgehead atoms. The number of carbonyl (C=O) groups is 1. The van der Waals surface area contributed by atoms with Crippen molar-refractivity contribution >= 4 is 29.1 Å². The number of hydrogen-bond donors (Lipinski definition) is 1. The maximum Gasteiger partial charge on any atom is 0.254 e. The van der Waals surface area contributed by atoms with Crippen LogP contribution in [0.3, 0.4) is 0 Å². The Morgan fingerprint density at radius 1 is 1.24 bits per heavy atom. The largest absolute Gasteiger partial charge is 0.382 e. The number of piperidine rings is 1. The highest BCUT2D eigenvalue weighted by Crippen LogP contribution is 2.45. The molecule has 2 fully saturated rings. The molecule has 0 saturated carbocycles. The molecule has 0 radical (unpaired) electrons. The van der Waals surface area contributed by atoms with Gasteiger partial charge in [0.05, 0.1) is 10.0 Å². The van der Waals surface area contributed by atoms with E-state index < -0.39 is 5.60 Å². The fourth-order valence-corrected chi connectivity index (χ4v) is 4.63. The van der Waals surface area contributed by atoms with E-state index in [1.165, 1.54) is 0 Å². The molecular weight excluding hydrogens is 361 g/mol. The van der Waals surface area contributed by atoms with Gasteiger partial charge in [-0.1, -0.05) is 23.2 Å². The fourth-order valence-electron chi connectivity index (χ4n) is 4.33. The third-order valence-corrected chi connectivity index (χ3v) is 6.14. The Balaban J connectivity index is 1.61. The quantitative estimate of drug-likeness (QED) is 0.869. The third-order valence-electron chi connectivity index (χ3n) is 5.40. The van der Waals surface area contributed by atoms with E-state index in [0.717, 1.165) is 12.8 Å². The fraction of sp³-hybridized carbons (Fsp3) is 0.444. The lowest BCUT2D eigenvalue weighted by atomic mass is 9.85. The van der Waals surface area contributed by atoms with Gasteiger partial charge >= 0.3 is 0 Å². The van der Waals surface area contributed by atoms with Crippen molar-refractivity contribution in [1.82, 2.24) is 14.5 Å². The van der Waals surface area contributed by atoms with Gasteiger partial charge in [-0.25, -0.2) is 4.98 Å². The summed E-state index contributed by atoms with van der Waals surface area (Å²) in [6.45, 7) is 0. The molecule has 1 amide bonds. The molecule has 2 aliphatic heterocycles. The summed E-state index contributed by atoms with van der Waals surface area (Å²) < 4.78 is 1.86. The Hall–Kier alpha value is -1.56. The van der Waals surface area contributed by atoms with E-state index in [0.29, 0.717) is 34.3 Å². The number of benzene rings is 1. The topological polar surface area (TPSA) is 58.4 Å². The molecule has 25 heavy (non-hydrogen) atoms. The van der Waals surface area contributed by atoms with Crippen molar-refractivity contribution in [1.29, 1.82) is 0 Å². The minimum atomic E-state index is -0.988. The second-order valence-electron chi connectivity index (χ2n) is 7.03. The Bertz CT molecular complexity index is 821. The third kappa shape index (κ3) is 2.75. The Morgan fingerprint density at radius 2 is 1.92 bits per heavy atom. The van der Waals surface area contributed by atoms with E-state index >= 15 is 0 Å². The van der Waals surface area contributed by atoms with Crippen LogP contribution in [0.15, 0.2) is 30.6 Å². The monoisotopic (exact) mass is 379 g/mol. The Labute approximate surface area is 156 Å². The van der Waals surface area contributed by atoms with Crippen molar-refractivity contribution in [3.63, 3.8) is 0 Å². The zero-order valence-electron chi connectivity index (χ0n) is 13.8. The van der Waals surface area contributed by atoms with Crippen LogP contribution in [0.4, 0.5) is 0 Å². The number of aliphatic hydroxyl groups is 1. The maximum atomic E-state index is 13.0. The minimum absolute atomic E-state index is 0.00223. The molecule has 0 aliphatic carbocycles. The van der Waals surface area contributed by atoms with Gasteiger partial charge in [-0.15, -0.1) is 0 Å². The van der Waals surface area contributed by atoms with E-state index in [-0.39, 0.29) is 18.0 Å². The van der Waals surface area contributed by atoms with Crippen LogP contribution < -0.4 is 0 Å². The zero-order chi connectivity index (χ0) is 17.8. The minimum Gasteiger partial charge on any atom is -0.382 e. The number of aryl methyl sites for hydroxylation is 1. The van der Waals surface area contributed by atoms with Gasteiger partial charge in [0.25, 0.3) is 5.91 Å². The summed E-state index contributed by atoms with van der Waals surface area (Å²) in [5, 5.41) is 12.0. The SMILES string of the molecule is Cn1ccnc1C1(O)CC2CCC(C1)N2C(=O)c1ccc(Cl)c(Cl)c1. The molecule has 132 valence electrons. The number of hydrogen-bond acceptors (Lipinski definition) is 3. The second kappa shape index (κ2) is 6.01. The summed E-state index contributed by atoms with van der Waals surface area (Å²) in [5.41, 5.74) is -0.452. The highest BCUT2D eigenvalue weighted by atomic mass is 35.5. The van der Waals surface area contributed by atoms with Gasteiger partial charge in [-0.2, -0.15) is 0 Å². The van der Waals surface area contributed by atoms with Gasteiger partial charge in [-0.05, 0) is 31.0 Å². The summed E-state index contributed by atoms with van der Waals surface area (Å²) in [7, 11) is 1.88. The van der Waals surface area contributed by atoms with E-state index in [1.807, 2.05) is 22.7 Å². The average molecular weight is 380 g/mol. The van der Waals surface area contributed by atoms with Crippen LogP contribution in [0.5, 0.6) is 0 Å². The Kier molecular flexibility index (Phi) is 4.06. The van der Waals surface area contributed by atoms with Crippen molar-refractivity contribution in [2.75, 3.05) is 0 Å². The summed E-state index contributed by atoms with van der Waals surface area (Å²) in [6, 6.07) is 4.97. The van der Waals surface area contributed by atoms with Gasteiger partial charge < -0.3 is 14.6 Å². The highest BCUT2D eigenvalue weighted by Gasteiger charge is 2.51. The van der Waals surface area contributed by atoms with Crippen LogP contribution >= 0.6 is 23.2 Å². The second-order valence-corrected chi connectivity index (χ2v) is 7.84. The van der Waals surface area contributed by atoms with Gasteiger partial charge in [0, 0.05) is 49.9 Å². The van der Waals surface area contributed by atoms with Crippen LogP contribution in [0.2, 0.25) is 10.0 Å². The normalized spacial score (nSPS) is 28.4. The van der Waals surface area contributed by atoms with Gasteiger partial charge in [0.1, 0.15) is 11.4 Å². The first-order chi connectivity index (χ1) is 11.9. The lowest BCUT2D eigenvalue weighted by Crippen LogP contribution is -2.52. The number of aromatic nitrogens is 2. The van der Waals surface area contributed by atoms with Crippen LogP contribution in [0, 0.1) is 0 Å². The number of halogens is 2. The molecule has 2 aromatic rings. The number of fused-ring (bicyclic) bond motifs is 2. The van der Waals surface area contributed by atoms with Crippen molar-refractivity contribution in [2.24, 2.45) is 7.05 Å². The molecule has 3 heterocycles. The smallest absolute Gasteiger partial charge is 0.254 e. The number of nitrogens with zero attached hydrogens (tertiary/aromatic N) is 3. The van der Waals surface area contributed by atoms with E-state index in [4.69, 9.17) is 23.2 Å². The molecule has 1 aromatic heterocycles. The molecular formula is C18H19Cl2N3O2. The lowest BCUT2D eigenvalue weighted by molar-refractivity contribution is -0.0555. The van der Waals surface area contributed by atoms with Crippen molar-refractivity contribution in [2.45, 2.75) is 43.4 Å². The van der Waals surface area contributed by atoms with Crippen LogP contribution in [-0.2, 0) is 12.6 Å². The van der Waals surface area contributed by atoms with E-state index in [2.05, 4.69) is 4.98 Å². The van der Waals surface area contributed by atoms with Crippen LogP contribution in [0.1, 0.15) is 41.9 Å². The molecule has 2 saturated heterocycles. The number of rotatable bonds is 2. The summed E-state index contributed by atoms with van der Waals surface area (Å²) in [4.78, 5) is 19.3. The van der Waals surface area contributed by atoms with Crippen molar-refractivity contribution in [3.8, 4) is 0 Å². The number of amides is 1. The van der Waals surface area contributed by atoms with Crippen molar-refractivity contribution in [3.05, 3.63) is 52.0 Å². The Morgan fingerprint density at radius 3 is 2.48 bits per heavy atom. The van der Waals surface area contributed by atoms with Gasteiger partial charge in [-0.3, -0.25) is 4.79 Å². The molecule has 0 spiro atoms. The highest BCUT2D eigenvalue weighted by molar-refractivity contribution is 6.42. The summed E-state index contributed by atoms with van der Waals surface area (Å²) in [6.07, 6.45) is 6.32. The number of carbonyl (C=O) groups excluding carboxylic acids is 1. The van der Waals surface area contributed by atoms with Gasteiger partial charge in [0.15, 0.2) is 0 Å². The van der Waals surface area contributed by atoms with E-state index in [1.54, 1.807) is 24.4 Å². The predicted octanol–water partition coefficient (Wildman–Crippen LogP) is 3.38. The molecule has 4 rings (SSSR count). The first kappa shape index (κ1) is 16.9. The molecule has 2 aliphatic rings. The molecule has 7 heteroatoms. The average Bonchev–Trinajstić information content (AvgIpc) is 3.12. The van der Waals surface area contributed by atoms with E-state index in [9.17, 15) is 9.90 Å². The summed E-state index contributed by atoms with van der Waals surface area (Å²) in [5.74, 6) is 0.624. The zero-order valence-corrected chi connectivity index (χ0v) is 15.3. The molecule has 5 nitrogen and oxygen atoms in total. The standard InChI is InChI=1S/C18H19Cl2N3O2/c1-22-7-6-21-17(22)18(25)9-12-3-4-13(10-18)23(12)16(24)11-2-5-14(19)15(20)8-11/h2,5-8,12-13,25H,3-4,9-10H2,1H3. The molecule has 2 atom stereocenters. The first-order valence-electron chi connectivity index (χ1n) is 8.37. The molecule has 1 aromatic carbocycles. The maximum absolute atomic E-state index is 13.0. The van der Waals surface area contributed by atoms with Gasteiger partial charge in [0.2, 0.25) is 0 Å². The first-order valence-corrected chi connectivity index (χ1v) is 9.12. The summed E-state index contributed by atoms with van der Waals surface area (Å²) >= 11 is 12.0. The van der Waals surface area contributed by atoms with Crippen molar-refractivity contribution < 1.29 is 9.90 Å². The molecule has 2 unspecified atom stereocenters. The van der Waals surface area contributed by atoms with Crippen LogP contribution in [-0.4, -0.2) is 37.5 Å². The van der Waals surface area contributed by atoms with Crippen LogP contribution in [0.25, 0.3) is 0 Å². The molecule has 1 N–H and O–H groups in total. The number of imidazole rings is 1. The lowest BCUT2D eigenvalue weighted by Gasteiger charge is -2.43.